The molecular weight excluding hydrogens is 510 g/mol. The Hall–Kier alpha value is -3.73. The predicted octanol–water partition coefficient (Wildman–Crippen LogP) is 5.52. The molecule has 0 unspecified atom stereocenters. The predicted molar refractivity (Wildman–Crippen MR) is 155 cm³/mol. The maximum atomic E-state index is 13.1. The van der Waals surface area contributed by atoms with Gasteiger partial charge in [-0.2, -0.15) is 0 Å². The lowest BCUT2D eigenvalue weighted by Crippen LogP contribution is -2.22. The molecule has 0 saturated heterocycles. The van der Waals surface area contributed by atoms with E-state index in [0.29, 0.717) is 41.1 Å². The highest BCUT2D eigenvalue weighted by atomic mass is 28.3. The molecule has 0 radical (unpaired) electrons. The first-order valence-electron chi connectivity index (χ1n) is 13.0. The second-order valence-corrected chi connectivity index (χ2v) is 16.3. The number of Topliss-reactive ketones (excluding diaryl/α,β-unsaturated/α-hetero) is 1. The number of aliphatic hydroxyl groups excluding tert-OH is 1. The molecular formula is C29H35N5O4Si. The van der Waals surface area contributed by atoms with E-state index in [1.807, 2.05) is 23.6 Å². The number of anilines is 1. The lowest BCUT2D eigenvalue weighted by atomic mass is 10.0. The fraction of sp³-hybridized carbons (Fsp3) is 0.345. The SMILES string of the molecule is CCC(=O)c1ccnc2c(-c3ccc(CO)nc3)c(-c3ccnc(NC(C)=O)c3)n(COCC[Si](C)(C)C)c12. The summed E-state index contributed by atoms with van der Waals surface area (Å²) >= 11 is 0. The van der Waals surface area contributed by atoms with Crippen molar-refractivity contribution in [2.24, 2.45) is 0 Å². The number of aromatic nitrogens is 4. The molecule has 0 aliphatic rings. The molecule has 0 bridgehead atoms. The summed E-state index contributed by atoms with van der Waals surface area (Å²) in [5.41, 5.74) is 5.55. The molecule has 1 amide bonds. The van der Waals surface area contributed by atoms with Crippen LogP contribution in [0.25, 0.3) is 33.4 Å². The number of carbonyl (C=O) groups is 2. The van der Waals surface area contributed by atoms with Crippen LogP contribution in [0.3, 0.4) is 0 Å². The summed E-state index contributed by atoms with van der Waals surface area (Å²) in [5.74, 6) is 0.189. The van der Waals surface area contributed by atoms with E-state index < -0.39 is 8.07 Å². The van der Waals surface area contributed by atoms with Gasteiger partial charge in [0.1, 0.15) is 12.5 Å². The van der Waals surface area contributed by atoms with Crippen LogP contribution in [-0.2, 0) is 22.9 Å². The van der Waals surface area contributed by atoms with Gasteiger partial charge in [0.25, 0.3) is 0 Å². The van der Waals surface area contributed by atoms with Crippen LogP contribution in [0.2, 0.25) is 25.7 Å². The second kappa shape index (κ2) is 12.0. The largest absolute Gasteiger partial charge is 0.390 e. The molecule has 0 atom stereocenters. The number of fused-ring (bicyclic) bond motifs is 1. The van der Waals surface area contributed by atoms with Gasteiger partial charge in [-0.3, -0.25) is 19.6 Å². The number of hydrogen-bond donors (Lipinski definition) is 2. The number of nitrogens with zero attached hydrogens (tertiary/aromatic N) is 4. The Kier molecular flexibility index (Phi) is 8.69. The Morgan fingerprint density at radius 3 is 2.46 bits per heavy atom. The molecule has 0 aromatic carbocycles. The van der Waals surface area contributed by atoms with Crippen LogP contribution in [0.15, 0.2) is 48.9 Å². The first-order chi connectivity index (χ1) is 18.6. The van der Waals surface area contributed by atoms with Crippen molar-refractivity contribution in [3.05, 3.63) is 60.2 Å². The maximum Gasteiger partial charge on any atom is 0.222 e. The zero-order chi connectivity index (χ0) is 28.2. The highest BCUT2D eigenvalue weighted by Gasteiger charge is 2.26. The molecule has 0 spiro atoms. The number of pyridine rings is 3. The molecule has 9 nitrogen and oxygen atoms in total. The summed E-state index contributed by atoms with van der Waals surface area (Å²) < 4.78 is 8.24. The summed E-state index contributed by atoms with van der Waals surface area (Å²) in [6, 6.07) is 10.1. The average Bonchev–Trinajstić information content (AvgIpc) is 3.24. The van der Waals surface area contributed by atoms with Crippen molar-refractivity contribution < 1.29 is 19.4 Å². The van der Waals surface area contributed by atoms with Crippen molar-refractivity contribution in [2.75, 3.05) is 11.9 Å². The van der Waals surface area contributed by atoms with Crippen LogP contribution >= 0.6 is 0 Å². The minimum absolute atomic E-state index is 0.00349. The van der Waals surface area contributed by atoms with E-state index in [2.05, 4.69) is 34.9 Å². The average molecular weight is 546 g/mol. The summed E-state index contributed by atoms with van der Waals surface area (Å²) in [4.78, 5) is 38.3. The zero-order valence-electron chi connectivity index (χ0n) is 23.1. The first-order valence-corrected chi connectivity index (χ1v) is 16.8. The first kappa shape index (κ1) is 28.3. The summed E-state index contributed by atoms with van der Waals surface area (Å²) in [5, 5.41) is 12.3. The standard InChI is InChI=1S/C29H35N5O4Si/c1-6-24(37)23-10-12-31-27-26(21-7-8-22(17-35)32-16-21)28(20-9-11-30-25(15-20)33-19(2)36)34(29(23)27)18-38-13-14-39(3,4)5/h7-12,15-16,35H,6,13-14,17-18H2,1-5H3,(H,30,33,36). The molecule has 0 aliphatic heterocycles. The third kappa shape index (κ3) is 6.47. The summed E-state index contributed by atoms with van der Waals surface area (Å²) in [6.07, 6.45) is 5.34. The van der Waals surface area contributed by atoms with Gasteiger partial charge in [-0.25, -0.2) is 4.98 Å². The molecule has 4 heterocycles. The molecule has 39 heavy (non-hydrogen) atoms. The van der Waals surface area contributed by atoms with Gasteiger partial charge in [0.2, 0.25) is 5.91 Å². The van der Waals surface area contributed by atoms with Crippen LogP contribution in [0.1, 0.15) is 36.3 Å². The van der Waals surface area contributed by atoms with E-state index in [1.165, 1.54) is 6.92 Å². The molecule has 10 heteroatoms. The van der Waals surface area contributed by atoms with Crippen molar-refractivity contribution in [2.45, 2.75) is 59.3 Å². The van der Waals surface area contributed by atoms with Gasteiger partial charge in [-0.05, 0) is 30.3 Å². The van der Waals surface area contributed by atoms with Crippen LogP contribution in [0.4, 0.5) is 5.82 Å². The number of ether oxygens (including phenoxy) is 1. The molecule has 204 valence electrons. The zero-order valence-corrected chi connectivity index (χ0v) is 24.1. The molecule has 0 aliphatic carbocycles. The van der Waals surface area contributed by atoms with Crippen LogP contribution in [0.5, 0.6) is 0 Å². The van der Waals surface area contributed by atoms with Crippen molar-refractivity contribution in [1.29, 1.82) is 0 Å². The van der Waals surface area contributed by atoms with Crippen LogP contribution < -0.4 is 5.32 Å². The van der Waals surface area contributed by atoms with E-state index in [9.17, 15) is 14.7 Å². The maximum absolute atomic E-state index is 13.1. The highest BCUT2D eigenvalue weighted by Crippen LogP contribution is 2.41. The topological polar surface area (TPSA) is 119 Å². The smallest absolute Gasteiger partial charge is 0.222 e. The van der Waals surface area contributed by atoms with Crippen molar-refractivity contribution in [3.63, 3.8) is 0 Å². The Bertz CT molecular complexity index is 1490. The van der Waals surface area contributed by atoms with E-state index >= 15 is 0 Å². The Morgan fingerprint density at radius 2 is 1.82 bits per heavy atom. The third-order valence-corrected chi connectivity index (χ3v) is 8.09. The van der Waals surface area contributed by atoms with Gasteiger partial charge >= 0.3 is 0 Å². The number of hydrogen-bond acceptors (Lipinski definition) is 7. The number of rotatable bonds is 11. The molecule has 4 aromatic heterocycles. The molecule has 0 saturated carbocycles. The normalized spacial score (nSPS) is 11.6. The van der Waals surface area contributed by atoms with Gasteiger partial charge < -0.3 is 19.7 Å². The van der Waals surface area contributed by atoms with Crippen molar-refractivity contribution in [3.8, 4) is 22.4 Å². The lowest BCUT2D eigenvalue weighted by molar-refractivity contribution is -0.114. The van der Waals surface area contributed by atoms with E-state index in [1.54, 1.807) is 36.8 Å². The van der Waals surface area contributed by atoms with E-state index in [4.69, 9.17) is 9.72 Å². The highest BCUT2D eigenvalue weighted by molar-refractivity contribution is 6.76. The van der Waals surface area contributed by atoms with Crippen molar-refractivity contribution >= 4 is 36.6 Å². The lowest BCUT2D eigenvalue weighted by Gasteiger charge is -2.18. The summed E-state index contributed by atoms with van der Waals surface area (Å²) in [6.45, 7) is 10.8. The fourth-order valence-corrected chi connectivity index (χ4v) is 5.17. The molecule has 4 rings (SSSR count). The van der Waals surface area contributed by atoms with Gasteiger partial charge in [0.15, 0.2) is 5.78 Å². The Labute approximate surface area is 229 Å². The van der Waals surface area contributed by atoms with Gasteiger partial charge in [-0.1, -0.05) is 32.6 Å². The molecule has 4 aromatic rings. The Morgan fingerprint density at radius 1 is 1.05 bits per heavy atom. The summed E-state index contributed by atoms with van der Waals surface area (Å²) in [7, 11) is -1.32. The van der Waals surface area contributed by atoms with E-state index in [0.717, 1.165) is 28.4 Å². The number of carbonyl (C=O) groups excluding carboxylic acids is 2. The quantitative estimate of drug-likeness (QED) is 0.145. The molecule has 2 N–H and O–H groups in total. The van der Waals surface area contributed by atoms with Crippen LogP contribution in [0, 0.1) is 0 Å². The fourth-order valence-electron chi connectivity index (χ4n) is 4.41. The second-order valence-electron chi connectivity index (χ2n) is 10.6. The minimum Gasteiger partial charge on any atom is -0.390 e. The number of amides is 1. The monoisotopic (exact) mass is 545 g/mol. The number of nitrogens with one attached hydrogen (secondary N) is 1. The third-order valence-electron chi connectivity index (χ3n) is 6.39. The van der Waals surface area contributed by atoms with E-state index in [-0.39, 0.29) is 25.0 Å². The number of ketones is 1. The van der Waals surface area contributed by atoms with Gasteiger partial charge in [0, 0.05) is 68.9 Å². The molecule has 0 fully saturated rings. The van der Waals surface area contributed by atoms with Crippen LogP contribution in [-0.4, -0.2) is 51.0 Å². The number of aliphatic hydroxyl groups is 1. The van der Waals surface area contributed by atoms with Gasteiger partial charge in [-0.15, -0.1) is 0 Å². The van der Waals surface area contributed by atoms with Gasteiger partial charge in [0.05, 0.1) is 29.0 Å². The van der Waals surface area contributed by atoms with Crippen molar-refractivity contribution in [1.82, 2.24) is 19.5 Å². The minimum atomic E-state index is -1.32. The Balaban J connectivity index is 2.01.